The van der Waals surface area contributed by atoms with Crippen LogP contribution in [0.3, 0.4) is 0 Å². The molecule has 1 aliphatic heterocycles. The summed E-state index contributed by atoms with van der Waals surface area (Å²) in [4.78, 5) is 27.2. The molecule has 0 spiro atoms. The van der Waals surface area contributed by atoms with E-state index < -0.39 is 11.7 Å². The predicted molar refractivity (Wildman–Crippen MR) is 120 cm³/mol. The number of methoxy groups -OCH3 is 1. The minimum atomic E-state index is -0.474. The molecule has 0 unspecified atom stereocenters. The number of urea groups is 1. The molecule has 1 saturated heterocycles. The number of halogens is 1. The summed E-state index contributed by atoms with van der Waals surface area (Å²) in [5, 5.41) is 14.4. The van der Waals surface area contributed by atoms with Crippen LogP contribution < -0.4 is 15.4 Å². The molecule has 10 heteroatoms. The number of ether oxygens (including phenoxy) is 1. The molecular formula is C22H22FN5O3S. The van der Waals surface area contributed by atoms with Gasteiger partial charge in [0.1, 0.15) is 16.6 Å². The molecule has 166 valence electrons. The fraction of sp³-hybridized carbons (Fsp3) is 0.273. The molecule has 1 aliphatic rings. The first-order valence-electron chi connectivity index (χ1n) is 10.1. The molecular weight excluding hydrogens is 433 g/mol. The van der Waals surface area contributed by atoms with E-state index in [1.165, 1.54) is 18.2 Å². The van der Waals surface area contributed by atoms with Crippen molar-refractivity contribution >= 4 is 34.6 Å². The van der Waals surface area contributed by atoms with Gasteiger partial charge in [0.05, 0.1) is 18.8 Å². The van der Waals surface area contributed by atoms with Crippen LogP contribution in [0.2, 0.25) is 0 Å². The second-order valence-corrected chi connectivity index (χ2v) is 8.40. The maximum atomic E-state index is 13.3. The Morgan fingerprint density at radius 2 is 2.03 bits per heavy atom. The van der Waals surface area contributed by atoms with Crippen LogP contribution in [-0.2, 0) is 0 Å². The van der Waals surface area contributed by atoms with Crippen molar-refractivity contribution < 1.29 is 18.7 Å². The molecule has 4 rings (SSSR count). The average Bonchev–Trinajstić information content (AvgIpc) is 3.43. The maximum absolute atomic E-state index is 13.3. The number of amides is 3. The number of aryl methyl sites for hydroxylation is 1. The van der Waals surface area contributed by atoms with Crippen LogP contribution in [0.1, 0.15) is 39.3 Å². The number of benzene rings is 2. The zero-order valence-corrected chi connectivity index (χ0v) is 18.4. The summed E-state index contributed by atoms with van der Waals surface area (Å²) in [7, 11) is 1.55. The van der Waals surface area contributed by atoms with Gasteiger partial charge in [0.25, 0.3) is 5.91 Å². The molecule has 0 radical (unpaired) electrons. The van der Waals surface area contributed by atoms with Gasteiger partial charge in [-0.3, -0.25) is 4.79 Å². The Hall–Kier alpha value is -3.53. The third-order valence-electron chi connectivity index (χ3n) is 5.11. The van der Waals surface area contributed by atoms with Gasteiger partial charge in [0.2, 0.25) is 5.01 Å². The Kier molecular flexibility index (Phi) is 6.31. The van der Waals surface area contributed by atoms with Crippen LogP contribution in [0.4, 0.5) is 20.6 Å². The highest BCUT2D eigenvalue weighted by Gasteiger charge is 2.33. The number of anilines is 2. The van der Waals surface area contributed by atoms with Crippen molar-refractivity contribution in [3.8, 4) is 5.75 Å². The van der Waals surface area contributed by atoms with Crippen molar-refractivity contribution in [2.45, 2.75) is 25.8 Å². The number of likely N-dealkylation sites (tertiary alicyclic amines) is 1. The summed E-state index contributed by atoms with van der Waals surface area (Å²) in [5.41, 5.74) is 1.92. The zero-order valence-electron chi connectivity index (χ0n) is 17.6. The fourth-order valence-corrected chi connectivity index (χ4v) is 4.47. The topological polar surface area (TPSA) is 96.4 Å². The lowest BCUT2D eigenvalue weighted by Crippen LogP contribution is -2.34. The number of nitrogens with one attached hydrogen (secondary N) is 2. The highest BCUT2D eigenvalue weighted by molar-refractivity contribution is 7.13. The zero-order chi connectivity index (χ0) is 22.7. The average molecular weight is 456 g/mol. The number of hydrogen-bond donors (Lipinski definition) is 2. The first-order valence-corrected chi connectivity index (χ1v) is 10.9. The highest BCUT2D eigenvalue weighted by atomic mass is 32.1. The lowest BCUT2D eigenvalue weighted by molar-refractivity contribution is 0.102. The molecule has 1 atom stereocenters. The van der Waals surface area contributed by atoms with Crippen LogP contribution in [0.25, 0.3) is 0 Å². The van der Waals surface area contributed by atoms with E-state index in [2.05, 4.69) is 20.8 Å². The minimum Gasteiger partial charge on any atom is -0.495 e. The molecule has 2 aromatic carbocycles. The second kappa shape index (κ2) is 9.31. The Morgan fingerprint density at radius 1 is 1.19 bits per heavy atom. The van der Waals surface area contributed by atoms with Gasteiger partial charge in [-0.05, 0) is 55.7 Å². The molecule has 0 aliphatic carbocycles. The molecule has 3 amide bonds. The third-order valence-corrected chi connectivity index (χ3v) is 6.14. The monoisotopic (exact) mass is 455 g/mol. The number of rotatable bonds is 5. The number of carbonyl (C=O) groups excluding carboxylic acids is 2. The van der Waals surface area contributed by atoms with Crippen molar-refractivity contribution in [1.82, 2.24) is 15.1 Å². The van der Waals surface area contributed by atoms with Gasteiger partial charge in [0.15, 0.2) is 0 Å². The molecule has 32 heavy (non-hydrogen) atoms. The van der Waals surface area contributed by atoms with E-state index in [9.17, 15) is 14.0 Å². The SMILES string of the molecule is COc1ccc(C)cc1NC(=O)N1CCC[C@H]1c1nnc(C(=O)Nc2cccc(F)c2)s1. The number of hydrogen-bond acceptors (Lipinski definition) is 6. The Balaban J connectivity index is 1.47. The summed E-state index contributed by atoms with van der Waals surface area (Å²) < 4.78 is 18.7. The Labute approximate surface area is 188 Å². The number of carbonyl (C=O) groups is 2. The predicted octanol–water partition coefficient (Wildman–Crippen LogP) is 4.62. The van der Waals surface area contributed by atoms with Gasteiger partial charge >= 0.3 is 6.03 Å². The van der Waals surface area contributed by atoms with Gasteiger partial charge in [0, 0.05) is 12.2 Å². The van der Waals surface area contributed by atoms with E-state index in [1.807, 2.05) is 19.1 Å². The van der Waals surface area contributed by atoms with E-state index in [-0.39, 0.29) is 17.1 Å². The lowest BCUT2D eigenvalue weighted by Gasteiger charge is -2.23. The molecule has 0 bridgehead atoms. The summed E-state index contributed by atoms with van der Waals surface area (Å²) in [6.45, 7) is 2.50. The van der Waals surface area contributed by atoms with Crippen LogP contribution >= 0.6 is 11.3 Å². The van der Waals surface area contributed by atoms with Crippen molar-refractivity contribution in [3.63, 3.8) is 0 Å². The van der Waals surface area contributed by atoms with Crippen LogP contribution in [0.15, 0.2) is 42.5 Å². The van der Waals surface area contributed by atoms with Gasteiger partial charge in [-0.2, -0.15) is 0 Å². The standard InChI is InChI=1S/C22H22FN5O3S/c1-13-8-9-18(31-2)16(11-13)25-22(30)28-10-4-7-17(28)20-26-27-21(32-20)19(29)24-15-6-3-5-14(23)12-15/h3,5-6,8-9,11-12,17H,4,7,10H2,1-2H3,(H,24,29)(H,25,30)/t17-/m0/s1. The number of aromatic nitrogens is 2. The van der Waals surface area contributed by atoms with Gasteiger partial charge < -0.3 is 20.3 Å². The molecule has 0 saturated carbocycles. The Bertz CT molecular complexity index is 1150. The fourth-order valence-electron chi connectivity index (χ4n) is 3.58. The van der Waals surface area contributed by atoms with Crippen LogP contribution in [0, 0.1) is 12.7 Å². The quantitative estimate of drug-likeness (QED) is 0.585. The van der Waals surface area contributed by atoms with Crippen molar-refractivity contribution in [2.24, 2.45) is 0 Å². The van der Waals surface area contributed by atoms with Gasteiger partial charge in [-0.1, -0.05) is 23.5 Å². The first kappa shape index (κ1) is 21.7. The van der Waals surface area contributed by atoms with E-state index in [0.29, 0.717) is 28.7 Å². The summed E-state index contributed by atoms with van der Waals surface area (Å²) in [5.74, 6) is -0.344. The molecule has 3 aromatic rings. The minimum absolute atomic E-state index is 0.150. The molecule has 1 fully saturated rings. The van der Waals surface area contributed by atoms with E-state index in [4.69, 9.17) is 4.74 Å². The van der Waals surface area contributed by atoms with E-state index in [1.54, 1.807) is 24.1 Å². The Morgan fingerprint density at radius 3 is 2.81 bits per heavy atom. The van der Waals surface area contributed by atoms with Gasteiger partial charge in [-0.15, -0.1) is 10.2 Å². The molecule has 1 aromatic heterocycles. The van der Waals surface area contributed by atoms with Gasteiger partial charge in [-0.25, -0.2) is 9.18 Å². The maximum Gasteiger partial charge on any atom is 0.322 e. The van der Waals surface area contributed by atoms with E-state index in [0.717, 1.165) is 29.7 Å². The summed E-state index contributed by atoms with van der Waals surface area (Å²) >= 11 is 1.12. The molecule has 8 nitrogen and oxygen atoms in total. The second-order valence-electron chi connectivity index (χ2n) is 7.40. The number of nitrogens with zero attached hydrogens (tertiary/aromatic N) is 3. The first-order chi connectivity index (χ1) is 15.4. The van der Waals surface area contributed by atoms with Crippen LogP contribution in [-0.4, -0.2) is 40.7 Å². The highest BCUT2D eigenvalue weighted by Crippen LogP contribution is 2.35. The van der Waals surface area contributed by atoms with Crippen molar-refractivity contribution in [3.05, 3.63) is 63.9 Å². The largest absolute Gasteiger partial charge is 0.495 e. The normalized spacial score (nSPS) is 15.5. The summed E-state index contributed by atoms with van der Waals surface area (Å²) in [6, 6.07) is 10.6. The molecule has 2 heterocycles. The lowest BCUT2D eigenvalue weighted by atomic mass is 10.2. The molecule has 2 N–H and O–H groups in total. The van der Waals surface area contributed by atoms with E-state index >= 15 is 0 Å². The summed E-state index contributed by atoms with van der Waals surface area (Å²) in [6.07, 6.45) is 1.53. The smallest absolute Gasteiger partial charge is 0.322 e. The van der Waals surface area contributed by atoms with Crippen molar-refractivity contribution in [1.29, 1.82) is 0 Å². The van der Waals surface area contributed by atoms with Crippen molar-refractivity contribution in [2.75, 3.05) is 24.3 Å². The third kappa shape index (κ3) is 4.70. The van der Waals surface area contributed by atoms with Crippen LogP contribution in [0.5, 0.6) is 5.75 Å².